The summed E-state index contributed by atoms with van der Waals surface area (Å²) in [5, 5.41) is 18.9. The van der Waals surface area contributed by atoms with Crippen LogP contribution in [-0.4, -0.2) is 30.7 Å². The van der Waals surface area contributed by atoms with Gasteiger partial charge in [-0.15, -0.1) is 0 Å². The lowest BCUT2D eigenvalue weighted by atomic mass is 9.92. The molecule has 3 aromatic carbocycles. The van der Waals surface area contributed by atoms with Crippen molar-refractivity contribution in [3.8, 4) is 22.4 Å². The Hall–Kier alpha value is -4.49. The van der Waals surface area contributed by atoms with E-state index in [-0.39, 0.29) is 0 Å². The predicted molar refractivity (Wildman–Crippen MR) is 146 cm³/mol. The maximum absolute atomic E-state index is 11.8. The van der Waals surface area contributed by atoms with E-state index in [0.29, 0.717) is 12.1 Å². The Bertz CT molecular complexity index is 1600. The second-order valence-electron chi connectivity index (χ2n) is 9.66. The first-order valence-corrected chi connectivity index (χ1v) is 13.0. The fourth-order valence-corrected chi connectivity index (χ4v) is 5.26. The van der Waals surface area contributed by atoms with Crippen molar-refractivity contribution in [2.45, 2.75) is 39.3 Å². The molecule has 0 spiro atoms. The number of nitrogens with one attached hydrogen (secondary N) is 1. The van der Waals surface area contributed by atoms with Crippen molar-refractivity contribution in [3.05, 3.63) is 119 Å². The highest BCUT2D eigenvalue weighted by Gasteiger charge is 2.27. The Morgan fingerprint density at radius 1 is 0.921 bits per heavy atom. The number of hydrogen-bond donors (Lipinski definition) is 2. The summed E-state index contributed by atoms with van der Waals surface area (Å²) in [5.41, 5.74) is 12.4. The minimum atomic E-state index is -0.523. The molecule has 0 saturated carbocycles. The molecule has 190 valence electrons. The van der Waals surface area contributed by atoms with Gasteiger partial charge in [0, 0.05) is 41.5 Å². The van der Waals surface area contributed by atoms with Gasteiger partial charge in [0.15, 0.2) is 0 Å². The van der Waals surface area contributed by atoms with Gasteiger partial charge in [0.05, 0.1) is 17.9 Å². The van der Waals surface area contributed by atoms with Crippen molar-refractivity contribution in [2.75, 3.05) is 0 Å². The van der Waals surface area contributed by atoms with Crippen LogP contribution in [0.1, 0.15) is 45.4 Å². The summed E-state index contributed by atoms with van der Waals surface area (Å²) in [6.07, 6.45) is 4.85. The van der Waals surface area contributed by atoms with Crippen molar-refractivity contribution >= 4 is 5.91 Å². The van der Waals surface area contributed by atoms with Gasteiger partial charge < -0.3 is 0 Å². The summed E-state index contributed by atoms with van der Waals surface area (Å²) in [6, 6.07) is 26.1. The maximum Gasteiger partial charge on any atom is 0.274 e. The van der Waals surface area contributed by atoms with Crippen LogP contribution in [0.4, 0.5) is 0 Å². The van der Waals surface area contributed by atoms with E-state index in [1.807, 2.05) is 16.8 Å². The quantitative estimate of drug-likeness (QED) is 0.233. The molecule has 2 heterocycles. The maximum atomic E-state index is 11.8. The highest BCUT2D eigenvalue weighted by molar-refractivity contribution is 5.94. The molecule has 0 bridgehead atoms. The zero-order chi connectivity index (χ0) is 26.1. The Morgan fingerprint density at radius 2 is 1.74 bits per heavy atom. The molecule has 7 heteroatoms. The van der Waals surface area contributed by atoms with E-state index in [9.17, 15) is 4.79 Å². The minimum Gasteiger partial charge on any atom is -0.288 e. The Labute approximate surface area is 221 Å². The van der Waals surface area contributed by atoms with Gasteiger partial charge in [-0.25, -0.2) is 5.48 Å². The molecule has 1 amide bonds. The molecule has 38 heavy (non-hydrogen) atoms. The molecule has 7 nitrogen and oxygen atoms in total. The molecule has 0 radical (unpaired) electrons. The van der Waals surface area contributed by atoms with E-state index in [1.165, 1.54) is 16.8 Å². The summed E-state index contributed by atoms with van der Waals surface area (Å²) in [7, 11) is 0. The average molecular weight is 504 g/mol. The van der Waals surface area contributed by atoms with Crippen LogP contribution in [0, 0.1) is 0 Å². The topological polar surface area (TPSA) is 85.0 Å². The van der Waals surface area contributed by atoms with Crippen LogP contribution in [0.25, 0.3) is 22.4 Å². The Kier molecular flexibility index (Phi) is 6.35. The predicted octanol–water partition coefficient (Wildman–Crippen LogP) is 5.29. The normalized spacial score (nSPS) is 12.2. The van der Waals surface area contributed by atoms with E-state index < -0.39 is 5.91 Å². The zero-order valence-electron chi connectivity index (χ0n) is 21.3. The molecule has 1 aliphatic carbocycles. The van der Waals surface area contributed by atoms with E-state index >= 15 is 0 Å². The second kappa shape index (κ2) is 10.1. The van der Waals surface area contributed by atoms with Gasteiger partial charge in [0.2, 0.25) is 0 Å². The van der Waals surface area contributed by atoms with Gasteiger partial charge in [-0.3, -0.25) is 19.4 Å². The fraction of sp³-hybridized carbons (Fsp3) is 0.194. The van der Waals surface area contributed by atoms with E-state index in [1.54, 1.807) is 17.6 Å². The molecule has 0 saturated heterocycles. The van der Waals surface area contributed by atoms with Crippen LogP contribution in [0.2, 0.25) is 0 Å². The molecule has 0 atom stereocenters. The monoisotopic (exact) mass is 503 g/mol. The first-order chi connectivity index (χ1) is 18.6. The second-order valence-corrected chi connectivity index (χ2v) is 9.66. The Balaban J connectivity index is 1.34. The zero-order valence-corrected chi connectivity index (χ0v) is 21.3. The van der Waals surface area contributed by atoms with Crippen molar-refractivity contribution in [1.29, 1.82) is 0 Å². The number of aromatic nitrogens is 4. The fourth-order valence-electron chi connectivity index (χ4n) is 5.26. The first kappa shape index (κ1) is 23.9. The third-order valence-corrected chi connectivity index (χ3v) is 7.26. The molecule has 0 unspecified atom stereocenters. The smallest absolute Gasteiger partial charge is 0.274 e. The highest BCUT2D eigenvalue weighted by atomic mass is 16.5. The van der Waals surface area contributed by atoms with Crippen molar-refractivity contribution in [3.63, 3.8) is 0 Å². The van der Waals surface area contributed by atoms with Crippen molar-refractivity contribution < 1.29 is 10.0 Å². The van der Waals surface area contributed by atoms with Crippen LogP contribution >= 0.6 is 0 Å². The molecule has 6 rings (SSSR count). The number of fused-ring (bicyclic) bond motifs is 3. The first-order valence-electron chi connectivity index (χ1n) is 13.0. The summed E-state index contributed by atoms with van der Waals surface area (Å²) < 4.78 is 4.17. The SMILES string of the molecule is CCn1cc2c(n1)CCc1c-2nn(Cc2ccc(-c3cccc(C(=O)NO)c3)cc2)c1Cc1ccccc1. The highest BCUT2D eigenvalue weighted by Crippen LogP contribution is 2.35. The standard InChI is InChI=1S/C31H29N5O2/c1-2-35-20-27-28(32-35)16-15-26-29(17-21-7-4-3-5-8-21)36(33-30(26)27)19-22-11-13-23(14-12-22)24-9-6-10-25(18-24)31(37)34-38/h3-14,18,20,38H,2,15-17,19H2,1H3,(H,34,37). The molecular weight excluding hydrogens is 474 g/mol. The summed E-state index contributed by atoms with van der Waals surface area (Å²) >= 11 is 0. The van der Waals surface area contributed by atoms with Gasteiger partial charge in [-0.05, 0) is 54.2 Å². The largest absolute Gasteiger partial charge is 0.288 e. The number of aryl methyl sites for hydroxylation is 2. The van der Waals surface area contributed by atoms with E-state index in [0.717, 1.165) is 59.4 Å². The van der Waals surface area contributed by atoms with Crippen LogP contribution < -0.4 is 5.48 Å². The van der Waals surface area contributed by atoms with Gasteiger partial charge in [0.25, 0.3) is 5.91 Å². The van der Waals surface area contributed by atoms with Gasteiger partial charge in [-0.1, -0.05) is 66.7 Å². The molecule has 0 aliphatic heterocycles. The summed E-state index contributed by atoms with van der Waals surface area (Å²) in [5.74, 6) is -0.523. The lowest BCUT2D eigenvalue weighted by Gasteiger charge is -2.13. The molecular formula is C31H29N5O2. The minimum absolute atomic E-state index is 0.410. The number of carbonyl (C=O) groups excluding carboxylic acids is 1. The molecule has 2 aromatic heterocycles. The lowest BCUT2D eigenvalue weighted by Crippen LogP contribution is -2.18. The van der Waals surface area contributed by atoms with Gasteiger partial charge in [0.1, 0.15) is 0 Å². The number of hydrogen-bond acceptors (Lipinski definition) is 4. The van der Waals surface area contributed by atoms with E-state index in [4.69, 9.17) is 15.4 Å². The number of benzene rings is 3. The van der Waals surface area contributed by atoms with E-state index in [2.05, 4.69) is 72.4 Å². The average Bonchev–Trinajstić information content (AvgIpc) is 3.55. The van der Waals surface area contributed by atoms with Crippen LogP contribution in [0.3, 0.4) is 0 Å². The number of amides is 1. The van der Waals surface area contributed by atoms with Crippen LogP contribution in [-0.2, 0) is 32.4 Å². The third kappa shape index (κ3) is 4.53. The number of rotatable bonds is 7. The Morgan fingerprint density at radius 3 is 2.50 bits per heavy atom. The van der Waals surface area contributed by atoms with Gasteiger partial charge in [-0.2, -0.15) is 10.2 Å². The molecule has 0 fully saturated rings. The summed E-state index contributed by atoms with van der Waals surface area (Å²) in [4.78, 5) is 11.8. The van der Waals surface area contributed by atoms with Gasteiger partial charge >= 0.3 is 0 Å². The third-order valence-electron chi connectivity index (χ3n) is 7.26. The van der Waals surface area contributed by atoms with Crippen LogP contribution in [0.5, 0.6) is 0 Å². The lowest BCUT2D eigenvalue weighted by molar-refractivity contribution is 0.0706. The van der Waals surface area contributed by atoms with Crippen molar-refractivity contribution in [2.24, 2.45) is 0 Å². The number of carbonyl (C=O) groups is 1. The molecule has 5 aromatic rings. The molecule has 2 N–H and O–H groups in total. The molecule has 1 aliphatic rings. The van der Waals surface area contributed by atoms with Crippen molar-refractivity contribution in [1.82, 2.24) is 25.0 Å². The van der Waals surface area contributed by atoms with Crippen LogP contribution in [0.15, 0.2) is 85.1 Å². The summed E-state index contributed by atoms with van der Waals surface area (Å²) in [6.45, 7) is 3.62. The number of nitrogens with zero attached hydrogens (tertiary/aromatic N) is 4. The number of hydroxylamine groups is 1.